The summed E-state index contributed by atoms with van der Waals surface area (Å²) in [7, 11) is 3.27. The van der Waals surface area contributed by atoms with Gasteiger partial charge in [0.15, 0.2) is 11.5 Å². The maximum atomic E-state index is 13.8. The molecule has 0 spiro atoms. The van der Waals surface area contributed by atoms with Crippen LogP contribution >= 0.6 is 0 Å². The lowest BCUT2D eigenvalue weighted by molar-refractivity contribution is 0.349. The minimum atomic E-state index is -0.0965. The normalized spacial score (nSPS) is 16.4. The van der Waals surface area contributed by atoms with Gasteiger partial charge in [-0.05, 0) is 36.1 Å². The molecule has 22 heavy (non-hydrogen) atoms. The van der Waals surface area contributed by atoms with E-state index in [1.54, 1.807) is 20.3 Å². The van der Waals surface area contributed by atoms with Crippen LogP contribution in [0.3, 0.4) is 0 Å². The van der Waals surface area contributed by atoms with E-state index in [4.69, 9.17) is 9.47 Å². The van der Waals surface area contributed by atoms with Crippen LogP contribution in [-0.2, 0) is 13.0 Å². The topological polar surface area (TPSA) is 30.5 Å². The van der Waals surface area contributed by atoms with Gasteiger partial charge < -0.3 is 14.8 Å². The Bertz CT molecular complexity index is 672. The Morgan fingerprint density at radius 2 is 1.95 bits per heavy atom. The SMILES string of the molecule is COc1cccc(CN[C@@H]2CCc3c(F)cccc32)c1OC. The lowest BCUT2D eigenvalue weighted by Crippen LogP contribution is -2.19. The molecule has 116 valence electrons. The monoisotopic (exact) mass is 301 g/mol. The Morgan fingerprint density at radius 1 is 1.14 bits per heavy atom. The van der Waals surface area contributed by atoms with Crippen LogP contribution < -0.4 is 14.8 Å². The van der Waals surface area contributed by atoms with Crippen LogP contribution in [0.15, 0.2) is 36.4 Å². The van der Waals surface area contributed by atoms with Crippen LogP contribution in [0, 0.1) is 5.82 Å². The van der Waals surface area contributed by atoms with Gasteiger partial charge in [-0.25, -0.2) is 4.39 Å². The number of para-hydroxylation sites is 1. The second-order valence-corrected chi connectivity index (χ2v) is 5.43. The zero-order valence-electron chi connectivity index (χ0n) is 12.9. The molecule has 1 atom stereocenters. The molecule has 2 aromatic rings. The van der Waals surface area contributed by atoms with Crippen molar-refractivity contribution < 1.29 is 13.9 Å². The van der Waals surface area contributed by atoms with E-state index < -0.39 is 0 Å². The molecule has 0 saturated heterocycles. The number of benzene rings is 2. The Labute approximate surface area is 130 Å². The third kappa shape index (κ3) is 2.66. The molecule has 2 aromatic carbocycles. The van der Waals surface area contributed by atoms with Crippen molar-refractivity contribution in [3.05, 3.63) is 58.9 Å². The van der Waals surface area contributed by atoms with E-state index in [0.29, 0.717) is 6.54 Å². The van der Waals surface area contributed by atoms with E-state index >= 15 is 0 Å². The fourth-order valence-electron chi connectivity index (χ4n) is 3.15. The van der Waals surface area contributed by atoms with Gasteiger partial charge in [0.05, 0.1) is 14.2 Å². The molecule has 3 nitrogen and oxygen atoms in total. The van der Waals surface area contributed by atoms with Crippen molar-refractivity contribution in [2.75, 3.05) is 14.2 Å². The van der Waals surface area contributed by atoms with E-state index in [1.165, 1.54) is 6.07 Å². The van der Waals surface area contributed by atoms with E-state index in [-0.39, 0.29) is 11.9 Å². The Kier molecular flexibility index (Phi) is 4.29. The standard InChI is InChI=1S/C18H20FNO2/c1-21-17-8-3-5-12(18(17)22-2)11-20-16-10-9-13-14(16)6-4-7-15(13)19/h3-8,16,20H,9-11H2,1-2H3/t16-/m1/s1. The summed E-state index contributed by atoms with van der Waals surface area (Å²) in [5.74, 6) is 1.37. The molecule has 1 aliphatic carbocycles. The van der Waals surface area contributed by atoms with Gasteiger partial charge in [0.25, 0.3) is 0 Å². The van der Waals surface area contributed by atoms with E-state index in [0.717, 1.165) is 41.0 Å². The fourth-order valence-corrected chi connectivity index (χ4v) is 3.15. The lowest BCUT2D eigenvalue weighted by Gasteiger charge is -2.17. The van der Waals surface area contributed by atoms with Crippen LogP contribution in [0.2, 0.25) is 0 Å². The van der Waals surface area contributed by atoms with Crippen LogP contribution in [0.4, 0.5) is 4.39 Å². The van der Waals surface area contributed by atoms with Gasteiger partial charge in [-0.15, -0.1) is 0 Å². The molecule has 0 radical (unpaired) electrons. The van der Waals surface area contributed by atoms with Crippen LogP contribution in [0.5, 0.6) is 11.5 Å². The van der Waals surface area contributed by atoms with Crippen molar-refractivity contribution in [1.29, 1.82) is 0 Å². The van der Waals surface area contributed by atoms with Gasteiger partial charge in [0.1, 0.15) is 5.82 Å². The zero-order chi connectivity index (χ0) is 15.5. The van der Waals surface area contributed by atoms with Crippen molar-refractivity contribution in [3.63, 3.8) is 0 Å². The highest BCUT2D eigenvalue weighted by atomic mass is 19.1. The third-order valence-electron chi connectivity index (χ3n) is 4.24. The van der Waals surface area contributed by atoms with Crippen molar-refractivity contribution in [3.8, 4) is 11.5 Å². The summed E-state index contributed by atoms with van der Waals surface area (Å²) in [6.07, 6.45) is 1.71. The maximum Gasteiger partial charge on any atom is 0.165 e. The molecular weight excluding hydrogens is 281 g/mol. The minimum Gasteiger partial charge on any atom is -0.493 e. The summed E-state index contributed by atoms with van der Waals surface area (Å²) in [5, 5.41) is 3.51. The molecule has 0 saturated carbocycles. The summed E-state index contributed by atoms with van der Waals surface area (Å²) in [4.78, 5) is 0. The fraction of sp³-hybridized carbons (Fsp3) is 0.333. The number of halogens is 1. The summed E-state index contributed by atoms with van der Waals surface area (Å²) in [6.45, 7) is 0.654. The minimum absolute atomic E-state index is 0.0965. The Morgan fingerprint density at radius 3 is 2.73 bits per heavy atom. The first-order valence-electron chi connectivity index (χ1n) is 7.45. The highest BCUT2D eigenvalue weighted by molar-refractivity contribution is 5.46. The van der Waals surface area contributed by atoms with Crippen molar-refractivity contribution in [2.45, 2.75) is 25.4 Å². The molecule has 1 aliphatic rings. The number of nitrogens with one attached hydrogen (secondary N) is 1. The lowest BCUT2D eigenvalue weighted by atomic mass is 10.1. The number of rotatable bonds is 5. The Balaban J connectivity index is 1.77. The molecule has 0 aliphatic heterocycles. The Hall–Kier alpha value is -2.07. The summed E-state index contributed by atoms with van der Waals surface area (Å²) >= 11 is 0. The zero-order valence-corrected chi connectivity index (χ0v) is 12.9. The molecule has 0 bridgehead atoms. The first-order chi connectivity index (χ1) is 10.7. The molecule has 0 aromatic heterocycles. The quantitative estimate of drug-likeness (QED) is 0.915. The average molecular weight is 301 g/mol. The van der Waals surface area contributed by atoms with E-state index in [9.17, 15) is 4.39 Å². The number of ether oxygens (including phenoxy) is 2. The van der Waals surface area contributed by atoms with Gasteiger partial charge >= 0.3 is 0 Å². The molecule has 0 unspecified atom stereocenters. The number of methoxy groups -OCH3 is 2. The second kappa shape index (κ2) is 6.36. The van der Waals surface area contributed by atoms with Crippen LogP contribution in [0.25, 0.3) is 0 Å². The molecule has 0 fully saturated rings. The summed E-state index contributed by atoms with van der Waals surface area (Å²) in [5.41, 5.74) is 2.95. The summed E-state index contributed by atoms with van der Waals surface area (Å²) < 4.78 is 24.5. The van der Waals surface area contributed by atoms with Crippen molar-refractivity contribution >= 4 is 0 Å². The third-order valence-corrected chi connectivity index (χ3v) is 4.24. The van der Waals surface area contributed by atoms with Crippen LogP contribution in [-0.4, -0.2) is 14.2 Å². The number of hydrogen-bond donors (Lipinski definition) is 1. The van der Waals surface area contributed by atoms with Gasteiger partial charge in [0, 0.05) is 18.2 Å². The molecule has 1 N–H and O–H groups in total. The number of hydrogen-bond acceptors (Lipinski definition) is 3. The maximum absolute atomic E-state index is 13.8. The molecular formula is C18H20FNO2. The van der Waals surface area contributed by atoms with E-state index in [2.05, 4.69) is 5.32 Å². The van der Waals surface area contributed by atoms with Crippen molar-refractivity contribution in [1.82, 2.24) is 5.32 Å². The highest BCUT2D eigenvalue weighted by Crippen LogP contribution is 2.34. The molecule has 0 heterocycles. The van der Waals surface area contributed by atoms with Crippen LogP contribution in [0.1, 0.15) is 29.2 Å². The largest absolute Gasteiger partial charge is 0.493 e. The first-order valence-corrected chi connectivity index (χ1v) is 7.45. The second-order valence-electron chi connectivity index (χ2n) is 5.43. The predicted molar refractivity (Wildman–Crippen MR) is 83.8 cm³/mol. The van der Waals surface area contributed by atoms with Gasteiger partial charge in [-0.3, -0.25) is 0 Å². The molecule has 3 rings (SSSR count). The van der Waals surface area contributed by atoms with Gasteiger partial charge in [0.2, 0.25) is 0 Å². The highest BCUT2D eigenvalue weighted by Gasteiger charge is 2.24. The smallest absolute Gasteiger partial charge is 0.165 e. The van der Waals surface area contributed by atoms with Crippen molar-refractivity contribution in [2.24, 2.45) is 0 Å². The van der Waals surface area contributed by atoms with Gasteiger partial charge in [-0.1, -0.05) is 24.3 Å². The average Bonchev–Trinajstić information content (AvgIpc) is 2.97. The number of fused-ring (bicyclic) bond motifs is 1. The summed E-state index contributed by atoms with van der Waals surface area (Å²) in [6, 6.07) is 11.3. The molecule has 4 heteroatoms. The predicted octanol–water partition coefficient (Wildman–Crippen LogP) is 3.62. The van der Waals surface area contributed by atoms with E-state index in [1.807, 2.05) is 24.3 Å². The molecule has 0 amide bonds. The van der Waals surface area contributed by atoms with Gasteiger partial charge in [-0.2, -0.15) is 0 Å². The first kappa shape index (κ1) is 14.9.